The molecule has 0 aromatic carbocycles. The van der Waals surface area contributed by atoms with Gasteiger partial charge >= 0.3 is 0 Å². The van der Waals surface area contributed by atoms with Gasteiger partial charge in [-0.2, -0.15) is 5.26 Å². The number of carbonyl (C=O) groups is 1. The Balaban J connectivity index is 2.31. The van der Waals surface area contributed by atoms with E-state index in [9.17, 15) is 4.79 Å². The average Bonchev–Trinajstić information content (AvgIpc) is 2.18. The first-order chi connectivity index (χ1) is 7.29. The minimum atomic E-state index is -0.376. The van der Waals surface area contributed by atoms with Gasteiger partial charge in [-0.25, -0.2) is 0 Å². The van der Waals surface area contributed by atoms with E-state index >= 15 is 0 Å². The largest absolute Gasteiger partial charge is 0.298 e. The first kappa shape index (κ1) is 9.85. The molecule has 1 aliphatic rings. The van der Waals surface area contributed by atoms with E-state index in [1.54, 1.807) is 12.4 Å². The van der Waals surface area contributed by atoms with E-state index in [1.807, 2.05) is 18.2 Å². The number of nitrogens with zero attached hydrogens (tertiary/aromatic N) is 2. The van der Waals surface area contributed by atoms with Gasteiger partial charge in [-0.05, 0) is 30.5 Å². The van der Waals surface area contributed by atoms with Gasteiger partial charge in [0.2, 0.25) is 0 Å². The molecule has 0 unspecified atom stereocenters. The highest BCUT2D eigenvalue weighted by Gasteiger charge is 2.44. The molecule has 1 heterocycles. The fourth-order valence-corrected chi connectivity index (χ4v) is 2.17. The summed E-state index contributed by atoms with van der Waals surface area (Å²) in [5.41, 5.74) is 0.641. The van der Waals surface area contributed by atoms with Crippen LogP contribution in [0.1, 0.15) is 31.2 Å². The van der Waals surface area contributed by atoms with Crippen molar-refractivity contribution in [2.45, 2.75) is 31.1 Å². The summed E-state index contributed by atoms with van der Waals surface area (Å²) in [5, 5.41) is 8.58. The number of pyridine rings is 1. The smallest absolute Gasteiger partial charge is 0.157 e. The second-order valence-electron chi connectivity index (χ2n) is 3.93. The summed E-state index contributed by atoms with van der Waals surface area (Å²) in [6.45, 7) is 0. The molecule has 1 aromatic heterocycles. The predicted molar refractivity (Wildman–Crippen MR) is 55.0 cm³/mol. The molecular weight excluding hydrogens is 188 g/mol. The summed E-state index contributed by atoms with van der Waals surface area (Å²) in [5.74, 6) is 0.0578. The van der Waals surface area contributed by atoms with Crippen LogP contribution in [0.15, 0.2) is 24.5 Å². The van der Waals surface area contributed by atoms with Crippen molar-refractivity contribution in [3.05, 3.63) is 30.1 Å². The monoisotopic (exact) mass is 200 g/mol. The van der Waals surface area contributed by atoms with E-state index in [0.29, 0.717) is 0 Å². The molecule has 3 heteroatoms. The molecule has 1 fully saturated rings. The van der Waals surface area contributed by atoms with Crippen molar-refractivity contribution >= 4 is 5.78 Å². The van der Waals surface area contributed by atoms with E-state index in [4.69, 9.17) is 5.26 Å². The molecule has 0 amide bonds. The maximum Gasteiger partial charge on any atom is 0.157 e. The van der Waals surface area contributed by atoms with Crippen LogP contribution < -0.4 is 0 Å². The minimum absolute atomic E-state index is 0.0162. The third-order valence-electron chi connectivity index (χ3n) is 3.21. The van der Waals surface area contributed by atoms with E-state index in [2.05, 4.69) is 4.98 Å². The molecule has 15 heavy (non-hydrogen) atoms. The fourth-order valence-electron chi connectivity index (χ4n) is 2.17. The van der Waals surface area contributed by atoms with E-state index in [-0.39, 0.29) is 17.6 Å². The third-order valence-corrected chi connectivity index (χ3v) is 3.21. The zero-order chi connectivity index (χ0) is 10.7. The molecule has 0 bridgehead atoms. The number of ketones is 1. The lowest BCUT2D eigenvalue weighted by atomic mass is 9.61. The van der Waals surface area contributed by atoms with Crippen molar-refractivity contribution in [2.24, 2.45) is 0 Å². The fraction of sp³-hybridized carbons (Fsp3) is 0.417. The Morgan fingerprint density at radius 3 is 2.60 bits per heavy atom. The van der Waals surface area contributed by atoms with Crippen LogP contribution in [0.3, 0.4) is 0 Å². The van der Waals surface area contributed by atoms with E-state index in [1.165, 1.54) is 0 Å². The summed E-state index contributed by atoms with van der Waals surface area (Å²) in [6.07, 6.45) is 6.24. The van der Waals surface area contributed by atoms with Crippen molar-refractivity contribution in [1.29, 1.82) is 5.26 Å². The van der Waals surface area contributed by atoms with Crippen LogP contribution in [0.25, 0.3) is 0 Å². The van der Waals surface area contributed by atoms with Gasteiger partial charge in [0, 0.05) is 12.4 Å². The number of carbonyl (C=O) groups excluding carboxylic acids is 1. The number of Topliss-reactive ketones (excluding diaryl/α,β-unsaturated/α-hetero) is 1. The highest BCUT2D eigenvalue weighted by atomic mass is 16.1. The molecular formula is C12H12N2O. The first-order valence-electron chi connectivity index (χ1n) is 5.10. The van der Waals surface area contributed by atoms with Gasteiger partial charge in [0.1, 0.15) is 0 Å². The van der Waals surface area contributed by atoms with Gasteiger partial charge in [0.15, 0.2) is 5.78 Å². The zero-order valence-electron chi connectivity index (χ0n) is 8.44. The predicted octanol–water partition coefficient (Wildman–Crippen LogP) is 1.99. The van der Waals surface area contributed by atoms with Gasteiger partial charge in [0.25, 0.3) is 0 Å². The number of nitriles is 1. The third kappa shape index (κ3) is 1.52. The van der Waals surface area contributed by atoms with Crippen LogP contribution in [0.5, 0.6) is 0 Å². The molecule has 0 atom stereocenters. The second-order valence-corrected chi connectivity index (χ2v) is 3.93. The van der Waals surface area contributed by atoms with Gasteiger partial charge < -0.3 is 0 Å². The van der Waals surface area contributed by atoms with Gasteiger partial charge in [-0.15, -0.1) is 0 Å². The Kier molecular flexibility index (Phi) is 2.51. The highest BCUT2D eigenvalue weighted by molar-refractivity contribution is 5.92. The van der Waals surface area contributed by atoms with Crippen LogP contribution in [-0.2, 0) is 10.2 Å². The van der Waals surface area contributed by atoms with Crippen LogP contribution >= 0.6 is 0 Å². The topological polar surface area (TPSA) is 53.8 Å². The molecule has 1 saturated carbocycles. The summed E-state index contributed by atoms with van der Waals surface area (Å²) < 4.78 is 0. The van der Waals surface area contributed by atoms with Gasteiger partial charge in [0.05, 0.1) is 17.9 Å². The van der Waals surface area contributed by atoms with Crippen molar-refractivity contribution in [2.75, 3.05) is 0 Å². The molecule has 0 aliphatic heterocycles. The Morgan fingerprint density at radius 1 is 1.47 bits per heavy atom. The van der Waals surface area contributed by atoms with E-state index < -0.39 is 0 Å². The SMILES string of the molecule is N#CCC(=O)C1(c2ccncc2)CCC1. The van der Waals surface area contributed by atoms with Crippen molar-refractivity contribution < 1.29 is 4.79 Å². The molecule has 0 N–H and O–H groups in total. The summed E-state index contributed by atoms with van der Waals surface area (Å²) in [6, 6.07) is 5.71. The zero-order valence-corrected chi connectivity index (χ0v) is 8.44. The molecule has 1 aliphatic carbocycles. The number of rotatable bonds is 3. The number of aromatic nitrogens is 1. The molecule has 2 rings (SSSR count). The summed E-state index contributed by atoms with van der Waals surface area (Å²) in [7, 11) is 0. The standard InChI is InChI=1S/C12H12N2O/c13-7-2-11(15)12(5-1-6-12)10-3-8-14-9-4-10/h3-4,8-9H,1-2,5-6H2. The van der Waals surface area contributed by atoms with Crippen molar-refractivity contribution in [3.63, 3.8) is 0 Å². The maximum absolute atomic E-state index is 11.9. The Hall–Kier alpha value is -1.69. The molecule has 0 spiro atoms. The number of hydrogen-bond acceptors (Lipinski definition) is 3. The van der Waals surface area contributed by atoms with Gasteiger partial charge in [-0.1, -0.05) is 6.42 Å². The molecule has 1 aromatic rings. The Morgan fingerprint density at radius 2 is 2.13 bits per heavy atom. The molecule has 0 radical (unpaired) electrons. The Labute approximate surface area is 88.8 Å². The van der Waals surface area contributed by atoms with Crippen LogP contribution in [0, 0.1) is 11.3 Å². The lowest BCUT2D eigenvalue weighted by Gasteiger charge is -2.40. The molecule has 76 valence electrons. The van der Waals surface area contributed by atoms with Crippen molar-refractivity contribution in [3.8, 4) is 6.07 Å². The van der Waals surface area contributed by atoms with Gasteiger partial charge in [-0.3, -0.25) is 9.78 Å². The number of hydrogen-bond donors (Lipinski definition) is 0. The second kappa shape index (κ2) is 3.82. The molecule has 3 nitrogen and oxygen atoms in total. The quantitative estimate of drug-likeness (QED) is 0.749. The maximum atomic E-state index is 11.9. The van der Waals surface area contributed by atoms with Crippen LogP contribution in [-0.4, -0.2) is 10.8 Å². The lowest BCUT2D eigenvalue weighted by molar-refractivity contribution is -0.126. The van der Waals surface area contributed by atoms with E-state index in [0.717, 1.165) is 24.8 Å². The minimum Gasteiger partial charge on any atom is -0.298 e. The normalized spacial score (nSPS) is 17.5. The molecule has 0 saturated heterocycles. The van der Waals surface area contributed by atoms with Crippen molar-refractivity contribution in [1.82, 2.24) is 4.98 Å². The highest BCUT2D eigenvalue weighted by Crippen LogP contribution is 2.44. The average molecular weight is 200 g/mol. The summed E-state index contributed by atoms with van der Waals surface area (Å²) in [4.78, 5) is 15.9. The lowest BCUT2D eigenvalue weighted by Crippen LogP contribution is -2.42. The Bertz CT molecular complexity index is 401. The summed E-state index contributed by atoms with van der Waals surface area (Å²) >= 11 is 0. The van der Waals surface area contributed by atoms with Crippen LogP contribution in [0.4, 0.5) is 0 Å². The first-order valence-corrected chi connectivity index (χ1v) is 5.10. The van der Waals surface area contributed by atoms with Crippen LogP contribution in [0.2, 0.25) is 0 Å².